The highest BCUT2D eigenvalue weighted by molar-refractivity contribution is 8.47. The van der Waals surface area contributed by atoms with Crippen LogP contribution in [0.3, 0.4) is 0 Å². The van der Waals surface area contributed by atoms with Crippen molar-refractivity contribution in [2.24, 2.45) is 0 Å². The summed E-state index contributed by atoms with van der Waals surface area (Å²) in [5, 5.41) is 40.5. The van der Waals surface area contributed by atoms with Crippen LogP contribution in [-0.2, 0) is 25.2 Å². The lowest BCUT2D eigenvalue weighted by Gasteiger charge is -2.39. The molecule has 52 heavy (non-hydrogen) atoms. The molecule has 1 heterocycles. The van der Waals surface area contributed by atoms with Gasteiger partial charge in [-0.2, -0.15) is 0 Å². The number of ether oxygens (including phenoxy) is 3. The second-order valence-corrected chi connectivity index (χ2v) is 22.5. The van der Waals surface area contributed by atoms with Gasteiger partial charge in [-0.05, 0) is 62.8 Å². The van der Waals surface area contributed by atoms with Gasteiger partial charge in [0.1, 0.15) is 33.5 Å². The largest absolute Gasteiger partial charge is 1.00 e. The molecule has 4 N–H and O–H groups in total. The third-order valence-corrected chi connectivity index (χ3v) is 17.5. The number of hydrogen-bond donors (Lipinski definition) is 4. The molecule has 0 aliphatic carbocycles. The molecule has 1 fully saturated rings. The molecule has 2 rings (SSSR count). The maximum absolute atomic E-state index is 11.3. The fraction of sp³-hybridized carbons (Fsp3) is 0.795. The highest BCUT2D eigenvalue weighted by Crippen LogP contribution is 2.63. The van der Waals surface area contributed by atoms with Crippen molar-refractivity contribution in [3.05, 3.63) is 35.4 Å². The molecular weight excluding hydrogens is 759 g/mol. The molecule has 1 aromatic carbocycles. The number of rotatable bonds is 27. The van der Waals surface area contributed by atoms with E-state index in [1.54, 1.807) is 23.5 Å². The second-order valence-electron chi connectivity index (χ2n) is 14.7. The fourth-order valence-corrected chi connectivity index (χ4v) is 14.5. The lowest BCUT2D eigenvalue weighted by molar-refractivity contribution is -0.300. The molecule has 1 aliphatic heterocycles. The van der Waals surface area contributed by atoms with Gasteiger partial charge in [-0.25, -0.2) is 0 Å². The van der Waals surface area contributed by atoms with Crippen molar-refractivity contribution in [3.8, 4) is 0 Å². The number of thioether (sulfide) groups is 2. The number of carbonyl (C=O) groups excluding carboxylic acids is 1. The minimum absolute atomic E-state index is 0. The van der Waals surface area contributed by atoms with Crippen molar-refractivity contribution in [2.45, 2.75) is 159 Å². The van der Waals surface area contributed by atoms with Crippen LogP contribution in [0.1, 0.15) is 128 Å². The molecule has 13 heteroatoms. The van der Waals surface area contributed by atoms with E-state index < -0.39 is 50.2 Å². The van der Waals surface area contributed by atoms with Crippen LogP contribution in [0.5, 0.6) is 0 Å². The lowest BCUT2D eigenvalue weighted by atomic mass is 9.97. The number of unbranched alkanes of at least 4 members (excludes halogenated alkanes) is 7. The third-order valence-electron chi connectivity index (χ3n) is 9.75. The molecule has 0 spiro atoms. The predicted molar refractivity (Wildman–Crippen MR) is 220 cm³/mol. The van der Waals surface area contributed by atoms with Gasteiger partial charge >= 0.3 is 0 Å². The molecule has 302 valence electrons. The molecule has 0 radical (unpaired) electrons. The van der Waals surface area contributed by atoms with Crippen molar-refractivity contribution in [1.29, 1.82) is 0 Å². The number of hydrogen-bond acceptors (Lipinski definition) is 11. The molecule has 1 aromatic rings. The van der Waals surface area contributed by atoms with Crippen molar-refractivity contribution in [3.63, 3.8) is 0 Å². The summed E-state index contributed by atoms with van der Waals surface area (Å²) in [6.07, 6.45) is 11.8. The minimum Gasteiger partial charge on any atom is -1.00 e. The Morgan fingerprint density at radius 1 is 0.904 bits per heavy atom. The maximum atomic E-state index is 11.3. The molecule has 3 unspecified atom stereocenters. The van der Waals surface area contributed by atoms with Crippen molar-refractivity contribution >= 4 is 53.0 Å². The molecule has 1 saturated heterocycles. The molecule has 0 aromatic heterocycles. The summed E-state index contributed by atoms with van der Waals surface area (Å²) in [5.41, 5.74) is 1.92. The summed E-state index contributed by atoms with van der Waals surface area (Å²) in [5.74, 6) is 1.01. The van der Waals surface area contributed by atoms with Crippen LogP contribution in [0.25, 0.3) is 0 Å². The van der Waals surface area contributed by atoms with Crippen LogP contribution in [-0.4, -0.2) is 104 Å². The Balaban J connectivity index is 0.0000135. The van der Waals surface area contributed by atoms with E-state index in [2.05, 4.69) is 45.0 Å². The molecule has 0 amide bonds. The van der Waals surface area contributed by atoms with Crippen LogP contribution in [0.4, 0.5) is 0 Å². The van der Waals surface area contributed by atoms with E-state index in [0.29, 0.717) is 19.5 Å². The Morgan fingerprint density at radius 3 is 2.06 bits per heavy atom. The molecule has 0 saturated carbocycles. The van der Waals surface area contributed by atoms with Gasteiger partial charge in [0, 0.05) is 25.4 Å². The molecular formula is C39H68ClO8PS3. The highest BCUT2D eigenvalue weighted by Gasteiger charge is 2.44. The van der Waals surface area contributed by atoms with Gasteiger partial charge in [-0.1, -0.05) is 101 Å². The zero-order valence-corrected chi connectivity index (χ0v) is 36.4. The summed E-state index contributed by atoms with van der Waals surface area (Å²) in [6.45, 7) is 11.0. The standard InChI is InChI=1S/C39H68O8PS3.ClH/c1-6-9-12-14-22-48(23-15-13-10-7-2,24-16-21-45-37-36(44)35(43)34(42)32(27-40)47-37)28-30-17-19-31(20-18-30)33(26-39(4,5)46-29-41)51-38(49)50-25-11-8-3;/h17-20,29,32-37,40,42-44H,6-16,21-28H2,1-5H3;1H/q+1;/p-1/t32?,33?,34-,35+,36?,37+;/m1./s1. The zero-order chi connectivity index (χ0) is 37.7. The summed E-state index contributed by atoms with van der Waals surface area (Å²) in [7, 11) is -1.44. The Hall–Kier alpha value is -0.0400. The summed E-state index contributed by atoms with van der Waals surface area (Å²) in [4.78, 5) is 11.3. The smallest absolute Gasteiger partial charge is 0.293 e. The summed E-state index contributed by atoms with van der Waals surface area (Å²) >= 11 is 9.22. The van der Waals surface area contributed by atoms with E-state index in [1.807, 2.05) is 13.8 Å². The van der Waals surface area contributed by atoms with Crippen molar-refractivity contribution < 1.29 is 51.8 Å². The van der Waals surface area contributed by atoms with E-state index in [1.165, 1.54) is 74.8 Å². The summed E-state index contributed by atoms with van der Waals surface area (Å²) in [6, 6.07) is 9.07. The Morgan fingerprint density at radius 2 is 1.50 bits per heavy atom. The minimum atomic E-state index is -1.44. The number of aliphatic hydroxyl groups excluding tert-OH is 4. The third kappa shape index (κ3) is 18.3. The number of carbonyl (C=O) groups is 1. The van der Waals surface area contributed by atoms with E-state index in [4.69, 9.17) is 26.4 Å². The van der Waals surface area contributed by atoms with Crippen LogP contribution in [0, 0.1) is 0 Å². The molecule has 1 aliphatic rings. The lowest BCUT2D eigenvalue weighted by Crippen LogP contribution is -3.00. The fourth-order valence-electron chi connectivity index (χ4n) is 6.65. The first-order valence-electron chi connectivity index (χ1n) is 19.3. The van der Waals surface area contributed by atoms with Gasteiger partial charge in [-0.3, -0.25) is 4.79 Å². The van der Waals surface area contributed by atoms with E-state index in [9.17, 15) is 25.2 Å². The Bertz CT molecular complexity index is 1090. The van der Waals surface area contributed by atoms with Crippen LogP contribution >= 0.6 is 43.0 Å². The number of halogens is 1. The first-order valence-corrected chi connectivity index (χ1v) is 24.1. The first kappa shape index (κ1) is 50.0. The van der Waals surface area contributed by atoms with E-state index >= 15 is 0 Å². The van der Waals surface area contributed by atoms with Crippen molar-refractivity contribution in [1.82, 2.24) is 0 Å². The van der Waals surface area contributed by atoms with Gasteiger partial charge < -0.3 is 47.0 Å². The molecule has 8 nitrogen and oxygen atoms in total. The number of thiocarbonyl (C=S) groups is 1. The number of aliphatic hydroxyl groups is 4. The van der Waals surface area contributed by atoms with Crippen LogP contribution in [0.15, 0.2) is 24.3 Å². The Kier molecular flexibility index (Phi) is 26.5. The highest BCUT2D eigenvalue weighted by atomic mass is 35.5. The van der Waals surface area contributed by atoms with Gasteiger partial charge in [0.2, 0.25) is 0 Å². The van der Waals surface area contributed by atoms with Crippen molar-refractivity contribution in [2.75, 3.05) is 37.5 Å². The van der Waals surface area contributed by atoms with E-state index in [0.717, 1.165) is 40.9 Å². The molecule has 0 bridgehead atoms. The van der Waals surface area contributed by atoms with Crippen LogP contribution in [0.2, 0.25) is 0 Å². The number of benzene rings is 1. The topological polar surface area (TPSA) is 126 Å². The summed E-state index contributed by atoms with van der Waals surface area (Å²) < 4.78 is 18.0. The SMILES string of the molecule is CCCCCC[P+](CCCCCC)(CCCO[C@H]1OC(CO)[C@@H](O)[C@H](O)C1O)Cc1ccc(C(CC(C)(C)OC=O)SC(=S)SCCCC)cc1.[Cl-]. The van der Waals surface area contributed by atoms with Gasteiger partial charge in [-0.15, -0.1) is 11.8 Å². The van der Waals surface area contributed by atoms with Gasteiger partial charge in [0.05, 0.1) is 37.9 Å². The molecule has 6 atom stereocenters. The monoisotopic (exact) mass is 826 g/mol. The Labute approximate surface area is 335 Å². The normalized spacial score (nSPS) is 21.4. The van der Waals surface area contributed by atoms with E-state index in [-0.39, 0.29) is 17.7 Å². The zero-order valence-electron chi connectivity index (χ0n) is 32.3. The van der Waals surface area contributed by atoms with Crippen LogP contribution < -0.4 is 12.4 Å². The average molecular weight is 828 g/mol. The maximum Gasteiger partial charge on any atom is 0.293 e. The second kappa shape index (κ2) is 27.5. The average Bonchev–Trinajstić information content (AvgIpc) is 3.10. The van der Waals surface area contributed by atoms with Gasteiger partial charge in [0.15, 0.2) is 6.29 Å². The van der Waals surface area contributed by atoms with Gasteiger partial charge in [0.25, 0.3) is 6.47 Å². The first-order chi connectivity index (χ1) is 24.4. The predicted octanol–water partition coefficient (Wildman–Crippen LogP) is 5.51. The quantitative estimate of drug-likeness (QED) is 0.0389.